The van der Waals surface area contributed by atoms with Crippen molar-refractivity contribution in [3.63, 3.8) is 0 Å². The molecule has 28 heavy (non-hydrogen) atoms. The Morgan fingerprint density at radius 2 is 1.86 bits per heavy atom. The molecule has 3 N–H and O–H groups in total. The maximum atomic E-state index is 12.4. The third kappa shape index (κ3) is 5.40. The van der Waals surface area contributed by atoms with Gasteiger partial charge in [-0.25, -0.2) is 4.98 Å². The van der Waals surface area contributed by atoms with Crippen LogP contribution in [0.1, 0.15) is 37.7 Å². The van der Waals surface area contributed by atoms with Crippen molar-refractivity contribution >= 4 is 52.4 Å². The molecule has 1 aromatic heterocycles. The lowest BCUT2D eigenvalue weighted by Crippen LogP contribution is -2.23. The molecule has 1 fully saturated rings. The van der Waals surface area contributed by atoms with Crippen LogP contribution in [0.4, 0.5) is 17.2 Å². The summed E-state index contributed by atoms with van der Waals surface area (Å²) < 4.78 is 0. The summed E-state index contributed by atoms with van der Waals surface area (Å²) in [5, 5.41) is 10.1. The van der Waals surface area contributed by atoms with Gasteiger partial charge in [0.1, 0.15) is 5.82 Å². The number of aromatic nitrogens is 1. The number of pyridine rings is 1. The number of hydrogen-bond donors (Lipinski definition) is 3. The van der Waals surface area contributed by atoms with E-state index in [0.29, 0.717) is 27.5 Å². The minimum atomic E-state index is -0.262. The summed E-state index contributed by atoms with van der Waals surface area (Å²) in [7, 11) is 1.75. The fourth-order valence-electron chi connectivity index (χ4n) is 3.31. The van der Waals surface area contributed by atoms with Gasteiger partial charge in [-0.1, -0.05) is 42.5 Å². The normalized spacial score (nSPS) is 14.8. The molecule has 1 aromatic carbocycles. The van der Waals surface area contributed by atoms with Crippen LogP contribution in [0.3, 0.4) is 0 Å². The number of anilines is 3. The largest absolute Gasteiger partial charge is 0.386 e. The highest BCUT2D eigenvalue weighted by Gasteiger charge is 2.14. The van der Waals surface area contributed by atoms with E-state index in [1.807, 2.05) is 12.1 Å². The average Bonchev–Trinajstić information content (AvgIpc) is 2.70. The first-order valence-corrected chi connectivity index (χ1v) is 10.2. The van der Waals surface area contributed by atoms with Gasteiger partial charge >= 0.3 is 0 Å². The lowest BCUT2D eigenvalue weighted by Gasteiger charge is -2.24. The molecule has 0 radical (unpaired) electrons. The second-order valence-electron chi connectivity index (χ2n) is 6.80. The lowest BCUT2D eigenvalue weighted by molar-refractivity contribution is -0.111. The predicted octanol–water partition coefficient (Wildman–Crippen LogP) is 5.83. The van der Waals surface area contributed by atoms with Crippen molar-refractivity contribution in [2.24, 2.45) is 0 Å². The fourth-order valence-corrected chi connectivity index (χ4v) is 3.64. The topological polar surface area (TPSA) is 66.0 Å². The molecule has 1 aliphatic rings. The van der Waals surface area contributed by atoms with Gasteiger partial charge in [-0.3, -0.25) is 4.79 Å². The van der Waals surface area contributed by atoms with E-state index in [-0.39, 0.29) is 5.91 Å². The van der Waals surface area contributed by atoms with E-state index >= 15 is 0 Å². The molecule has 1 aliphatic carbocycles. The zero-order valence-electron chi connectivity index (χ0n) is 15.8. The maximum Gasteiger partial charge on any atom is 0.248 e. The number of rotatable bonds is 6. The maximum absolute atomic E-state index is 12.4. The van der Waals surface area contributed by atoms with Crippen LogP contribution in [0.15, 0.2) is 36.5 Å². The summed E-state index contributed by atoms with van der Waals surface area (Å²) in [6.07, 6.45) is 11.1. The van der Waals surface area contributed by atoms with Crippen molar-refractivity contribution < 1.29 is 4.79 Å². The molecule has 5 nitrogen and oxygen atoms in total. The van der Waals surface area contributed by atoms with Gasteiger partial charge in [0.05, 0.1) is 21.4 Å². The van der Waals surface area contributed by atoms with E-state index in [0.717, 1.165) is 24.2 Å². The van der Waals surface area contributed by atoms with Crippen molar-refractivity contribution in [1.82, 2.24) is 4.98 Å². The molecule has 0 bridgehead atoms. The van der Waals surface area contributed by atoms with Crippen LogP contribution in [-0.4, -0.2) is 24.0 Å². The Kier molecular flexibility index (Phi) is 7.18. The molecule has 0 spiro atoms. The zero-order chi connectivity index (χ0) is 19.9. The first-order chi connectivity index (χ1) is 13.6. The van der Waals surface area contributed by atoms with Crippen LogP contribution in [0.2, 0.25) is 10.0 Å². The molecule has 0 saturated heterocycles. The first-order valence-electron chi connectivity index (χ1n) is 9.44. The second kappa shape index (κ2) is 9.80. The number of hydrogen-bond acceptors (Lipinski definition) is 4. The Hall–Kier alpha value is -2.24. The molecule has 1 heterocycles. The predicted molar refractivity (Wildman–Crippen MR) is 118 cm³/mol. The van der Waals surface area contributed by atoms with Crippen molar-refractivity contribution in [1.29, 1.82) is 0 Å². The highest BCUT2D eigenvalue weighted by Crippen LogP contribution is 2.32. The van der Waals surface area contributed by atoms with Gasteiger partial charge in [-0.15, -0.1) is 0 Å². The Morgan fingerprint density at radius 3 is 2.57 bits per heavy atom. The average molecular weight is 419 g/mol. The zero-order valence-corrected chi connectivity index (χ0v) is 17.3. The molecule has 2 aromatic rings. The van der Waals surface area contributed by atoms with Gasteiger partial charge in [0, 0.05) is 30.9 Å². The summed E-state index contributed by atoms with van der Waals surface area (Å²) in [6, 6.07) is 7.55. The highest BCUT2D eigenvalue weighted by atomic mass is 35.5. The third-order valence-corrected chi connectivity index (χ3v) is 5.51. The lowest BCUT2D eigenvalue weighted by atomic mass is 9.95. The van der Waals surface area contributed by atoms with Crippen LogP contribution in [-0.2, 0) is 4.79 Å². The highest BCUT2D eigenvalue weighted by molar-refractivity contribution is 6.42. The number of nitrogens with one attached hydrogen (secondary N) is 3. The Morgan fingerprint density at radius 1 is 1.14 bits per heavy atom. The molecule has 148 valence electrons. The summed E-state index contributed by atoms with van der Waals surface area (Å²) in [5.74, 6) is 0.547. The molecular weight excluding hydrogens is 395 g/mol. The van der Waals surface area contributed by atoms with Crippen LogP contribution in [0.5, 0.6) is 0 Å². The summed E-state index contributed by atoms with van der Waals surface area (Å²) >= 11 is 12.1. The fraction of sp³-hybridized carbons (Fsp3) is 0.333. The number of benzene rings is 1. The van der Waals surface area contributed by atoms with E-state index in [1.54, 1.807) is 31.5 Å². The molecule has 7 heteroatoms. The van der Waals surface area contributed by atoms with Gasteiger partial charge in [0.2, 0.25) is 5.91 Å². The monoisotopic (exact) mass is 418 g/mol. The van der Waals surface area contributed by atoms with Crippen molar-refractivity contribution in [2.45, 2.75) is 38.1 Å². The van der Waals surface area contributed by atoms with E-state index in [1.165, 1.54) is 25.3 Å². The van der Waals surface area contributed by atoms with E-state index in [9.17, 15) is 4.79 Å². The number of halogens is 2. The van der Waals surface area contributed by atoms with Crippen LogP contribution < -0.4 is 16.0 Å². The molecule has 0 atom stereocenters. The van der Waals surface area contributed by atoms with E-state index < -0.39 is 0 Å². The number of nitrogens with zero attached hydrogens (tertiary/aromatic N) is 1. The summed E-state index contributed by atoms with van der Waals surface area (Å²) in [4.78, 5) is 16.9. The smallest absolute Gasteiger partial charge is 0.248 e. The first kappa shape index (κ1) is 20.5. The van der Waals surface area contributed by atoms with Crippen LogP contribution in [0.25, 0.3) is 6.08 Å². The molecule has 1 saturated carbocycles. The molecule has 3 rings (SSSR count). The molecule has 0 unspecified atom stereocenters. The van der Waals surface area contributed by atoms with Gasteiger partial charge < -0.3 is 16.0 Å². The van der Waals surface area contributed by atoms with Gasteiger partial charge in [0.15, 0.2) is 0 Å². The molecule has 0 aliphatic heterocycles. The number of carbonyl (C=O) groups is 1. The minimum absolute atomic E-state index is 0.262. The SMILES string of the molecule is CNc1cc(Cl)c(Cl)cc1NC(=O)/C=C/c1cccnc1NC1CCCCC1. The molecular formula is C21H24Cl2N4O. The van der Waals surface area contributed by atoms with Crippen molar-refractivity contribution in [3.8, 4) is 0 Å². The van der Waals surface area contributed by atoms with Gasteiger partial charge in [0.25, 0.3) is 0 Å². The van der Waals surface area contributed by atoms with E-state index in [2.05, 4.69) is 20.9 Å². The van der Waals surface area contributed by atoms with Gasteiger partial charge in [-0.2, -0.15) is 0 Å². The van der Waals surface area contributed by atoms with Crippen molar-refractivity contribution in [2.75, 3.05) is 23.0 Å². The van der Waals surface area contributed by atoms with Gasteiger partial charge in [-0.05, 0) is 43.2 Å². The van der Waals surface area contributed by atoms with Crippen molar-refractivity contribution in [3.05, 3.63) is 52.1 Å². The van der Waals surface area contributed by atoms with Crippen LogP contribution >= 0.6 is 23.2 Å². The summed E-state index contributed by atoms with van der Waals surface area (Å²) in [5.41, 5.74) is 2.14. The number of carbonyl (C=O) groups excluding carboxylic acids is 1. The second-order valence-corrected chi connectivity index (χ2v) is 7.62. The minimum Gasteiger partial charge on any atom is -0.386 e. The van der Waals surface area contributed by atoms with E-state index in [4.69, 9.17) is 23.2 Å². The Labute approximate surface area is 175 Å². The quantitative estimate of drug-likeness (QED) is 0.516. The third-order valence-electron chi connectivity index (χ3n) is 4.79. The number of amides is 1. The Bertz CT molecular complexity index is 863. The van der Waals surface area contributed by atoms with Crippen LogP contribution in [0, 0.1) is 0 Å². The standard InChI is InChI=1S/C21H24Cl2N4O/c1-24-18-12-16(22)17(23)13-19(18)27-20(28)10-9-14-6-5-11-25-21(14)26-15-7-3-2-4-8-15/h5-6,9-13,15,24H,2-4,7-8H2,1H3,(H,25,26)(H,27,28)/b10-9+. The molecule has 1 amide bonds. The summed E-state index contributed by atoms with van der Waals surface area (Å²) in [6.45, 7) is 0. The Balaban J connectivity index is 1.70.